The fraction of sp³-hybridized carbons (Fsp3) is 0.0769. The number of hydrogen-bond donors (Lipinski definition) is 0. The minimum atomic E-state index is -0.226. The van der Waals surface area contributed by atoms with Crippen molar-refractivity contribution in [1.82, 2.24) is 0 Å². The molecule has 6 nitrogen and oxygen atoms in total. The van der Waals surface area contributed by atoms with Crippen molar-refractivity contribution in [2.24, 2.45) is 0 Å². The molecule has 0 aliphatic heterocycles. The summed E-state index contributed by atoms with van der Waals surface area (Å²) in [5.41, 5.74) is 41.4. The third-order valence-electron chi connectivity index (χ3n) is 27.0. The Hall–Kier alpha value is -15.2. The molecule has 0 spiro atoms. The summed E-state index contributed by atoms with van der Waals surface area (Å²) < 4.78 is 24.6. The van der Waals surface area contributed by atoms with Gasteiger partial charge in [-0.3, -0.25) is 0 Å². The van der Waals surface area contributed by atoms with Crippen LogP contribution in [-0.4, -0.2) is 0 Å². The van der Waals surface area contributed by atoms with Gasteiger partial charge in [0.1, 0.15) is 44.7 Å². The number of fused-ring (bicyclic) bond motifs is 21. The number of para-hydroxylation sites is 4. The van der Waals surface area contributed by atoms with Gasteiger partial charge in [0.25, 0.3) is 0 Å². The van der Waals surface area contributed by atoms with Gasteiger partial charge in [0.05, 0.1) is 0 Å². The van der Waals surface area contributed by atoms with Gasteiger partial charge in [-0.1, -0.05) is 278 Å². The fourth-order valence-corrected chi connectivity index (χ4v) is 20.5. The molecule has 584 valence electrons. The Morgan fingerprint density at radius 3 is 0.691 bits per heavy atom. The van der Waals surface area contributed by atoms with E-state index in [2.05, 4.69) is 391 Å². The Kier molecular flexibility index (Phi) is 16.0. The Morgan fingerprint density at radius 2 is 0.358 bits per heavy atom. The highest BCUT2D eigenvalue weighted by Gasteiger charge is 2.40. The third-order valence-corrected chi connectivity index (χ3v) is 27.0. The molecule has 0 radical (unpaired) electrons. The first kappa shape index (κ1) is 71.8. The smallest absolute Gasteiger partial charge is 0.135 e. The molecule has 0 saturated carbocycles. The maximum absolute atomic E-state index is 6.18. The van der Waals surface area contributed by atoms with Gasteiger partial charge >= 0.3 is 0 Å². The van der Waals surface area contributed by atoms with E-state index in [9.17, 15) is 0 Å². The van der Waals surface area contributed by atoms with E-state index in [1.165, 1.54) is 106 Å². The summed E-state index contributed by atoms with van der Waals surface area (Å²) in [6, 6.07) is 141. The van der Waals surface area contributed by atoms with E-state index >= 15 is 0 Å². The summed E-state index contributed by atoms with van der Waals surface area (Å²) in [6.45, 7) is 14.2. The SMILES string of the molecule is CC1(C)c2ccccc2-c2ccc(N(c3ccc(-c4ccc(-c5ccc6oc7ccccc7c6c5)cc4)cc3)c3ccc(-c4ccc5oc6ccccc6c5c4)cc3)cc21.CC1(C)c2ccccc2-c2ccc(N(c3ccc(-c4ccc5oc6ccccc6c5c4)cc3)c3ccc4c(c3)C(C)(C)c3cc(-c5ccc6oc7ccccc7c6c5)ccc3-4)cc21. The second kappa shape index (κ2) is 27.4. The van der Waals surface area contributed by atoms with E-state index in [1.807, 2.05) is 48.5 Å². The average Bonchev–Trinajstić information content (AvgIpc) is 1.60. The van der Waals surface area contributed by atoms with Gasteiger partial charge in [-0.15, -0.1) is 0 Å². The molecule has 0 unspecified atom stereocenters. The van der Waals surface area contributed by atoms with Crippen LogP contribution >= 0.6 is 0 Å². The van der Waals surface area contributed by atoms with Gasteiger partial charge in [0.2, 0.25) is 0 Å². The van der Waals surface area contributed by atoms with Crippen LogP contribution in [0.1, 0.15) is 74.9 Å². The number of anilines is 6. The highest BCUT2D eigenvalue weighted by Crippen LogP contribution is 2.56. The molecule has 4 heterocycles. The molecule has 123 heavy (non-hydrogen) atoms. The van der Waals surface area contributed by atoms with Crippen LogP contribution in [-0.2, 0) is 16.2 Å². The van der Waals surface area contributed by atoms with Crippen molar-refractivity contribution in [2.75, 3.05) is 9.80 Å². The van der Waals surface area contributed by atoms with Crippen LogP contribution in [0.15, 0.2) is 406 Å². The normalized spacial score (nSPS) is 13.6. The molecule has 18 aromatic carbocycles. The lowest BCUT2D eigenvalue weighted by atomic mass is 9.81. The van der Waals surface area contributed by atoms with Gasteiger partial charge in [0, 0.05) is 93.5 Å². The molecule has 3 aliphatic carbocycles. The first-order valence-electron chi connectivity index (χ1n) is 42.6. The van der Waals surface area contributed by atoms with Crippen LogP contribution in [0.2, 0.25) is 0 Å². The summed E-state index contributed by atoms with van der Waals surface area (Å²) in [5.74, 6) is 0. The van der Waals surface area contributed by atoms with E-state index < -0.39 is 0 Å². The molecule has 22 aromatic rings. The van der Waals surface area contributed by atoms with Crippen molar-refractivity contribution in [1.29, 1.82) is 0 Å². The fourth-order valence-electron chi connectivity index (χ4n) is 20.5. The number of nitrogens with zero attached hydrogens (tertiary/aromatic N) is 2. The zero-order chi connectivity index (χ0) is 82.1. The van der Waals surface area contributed by atoms with Crippen molar-refractivity contribution in [3.8, 4) is 89.0 Å². The predicted octanol–water partition coefficient (Wildman–Crippen LogP) is 33.2. The average molecular weight is 1580 g/mol. The monoisotopic (exact) mass is 1580 g/mol. The lowest BCUT2D eigenvalue weighted by Gasteiger charge is -2.30. The molecule has 4 aromatic heterocycles. The van der Waals surface area contributed by atoms with E-state index in [4.69, 9.17) is 17.7 Å². The van der Waals surface area contributed by atoms with Crippen molar-refractivity contribution in [3.63, 3.8) is 0 Å². The van der Waals surface area contributed by atoms with Gasteiger partial charge in [-0.05, 0) is 274 Å². The van der Waals surface area contributed by atoms with Crippen LogP contribution in [0.5, 0.6) is 0 Å². The largest absolute Gasteiger partial charge is 0.456 e. The summed E-state index contributed by atoms with van der Waals surface area (Å²) in [4.78, 5) is 4.84. The van der Waals surface area contributed by atoms with Gasteiger partial charge < -0.3 is 27.5 Å². The van der Waals surface area contributed by atoms with Crippen molar-refractivity contribution < 1.29 is 17.7 Å². The van der Waals surface area contributed by atoms with Crippen molar-refractivity contribution in [3.05, 3.63) is 422 Å². The molecule has 0 saturated heterocycles. The van der Waals surface area contributed by atoms with Crippen LogP contribution < -0.4 is 9.80 Å². The van der Waals surface area contributed by atoms with Crippen LogP contribution in [0.4, 0.5) is 34.1 Å². The zero-order valence-corrected chi connectivity index (χ0v) is 69.0. The van der Waals surface area contributed by atoms with Crippen LogP contribution in [0.3, 0.4) is 0 Å². The molecule has 0 atom stereocenters. The molecule has 25 rings (SSSR count). The van der Waals surface area contributed by atoms with Gasteiger partial charge in [-0.25, -0.2) is 0 Å². The topological polar surface area (TPSA) is 59.0 Å². The number of benzene rings is 18. The number of furan rings is 4. The highest BCUT2D eigenvalue weighted by atomic mass is 16.3. The summed E-state index contributed by atoms with van der Waals surface area (Å²) in [5, 5.41) is 9.13. The standard InChI is InChI=1S/C60H43NO2.C57H39NO2/c1-59(2)51-14-8-5-11-43(51)45-27-24-41(34-53(45)59)61(40-22-17-36(18-23-40)37-20-29-57-49(31-37)47-12-6-9-15-55(47)62-57)42-25-28-46-44-26-19-39(33-52(44)60(3,4)54(46)35-42)38-21-30-58-50(32-38)48-13-7-10-16-56(48)63-58;1-57(2)51-12-6-3-9-45(51)46-30-29-44(35-52(46)57)58(43-27-21-39(22-28-43)41-24-32-56-50(34-41)48-11-5-8-14-54(48)60-56)42-25-19-37(20-26-42)36-15-17-38(18-16-36)40-23-31-55-49(33-40)47-10-4-7-13-53(47)59-55/h5-35H,1-4H3;3-35H,1-2H3. The summed E-state index contributed by atoms with van der Waals surface area (Å²) in [6.07, 6.45) is 0. The molecule has 0 N–H and O–H groups in total. The van der Waals surface area contributed by atoms with E-state index in [1.54, 1.807) is 0 Å². The second-order valence-corrected chi connectivity index (χ2v) is 35.0. The van der Waals surface area contributed by atoms with E-state index in [0.29, 0.717) is 0 Å². The number of hydrogen-bond acceptors (Lipinski definition) is 6. The highest BCUT2D eigenvalue weighted by molar-refractivity contribution is 6.10. The quantitative estimate of drug-likeness (QED) is 0.129. The Bertz CT molecular complexity index is 8080. The Balaban J connectivity index is 0.000000139. The molecular weight excluding hydrogens is 1500 g/mol. The predicted molar refractivity (Wildman–Crippen MR) is 511 cm³/mol. The summed E-state index contributed by atoms with van der Waals surface area (Å²) in [7, 11) is 0. The second-order valence-electron chi connectivity index (χ2n) is 35.0. The first-order valence-corrected chi connectivity index (χ1v) is 42.6. The molecule has 6 heteroatoms. The number of rotatable bonds is 11. The third kappa shape index (κ3) is 11.5. The van der Waals surface area contributed by atoms with Crippen molar-refractivity contribution in [2.45, 2.75) is 57.8 Å². The lowest BCUT2D eigenvalue weighted by Crippen LogP contribution is -2.18. The van der Waals surface area contributed by atoms with Crippen molar-refractivity contribution >= 4 is 122 Å². The van der Waals surface area contributed by atoms with Gasteiger partial charge in [0.15, 0.2) is 0 Å². The van der Waals surface area contributed by atoms with Gasteiger partial charge in [-0.2, -0.15) is 0 Å². The minimum Gasteiger partial charge on any atom is -0.456 e. The maximum Gasteiger partial charge on any atom is 0.135 e. The molecule has 3 aliphatic rings. The van der Waals surface area contributed by atoms with E-state index in [-0.39, 0.29) is 16.2 Å². The minimum absolute atomic E-state index is 0.110. The van der Waals surface area contributed by atoms with Crippen LogP contribution in [0.25, 0.3) is 177 Å². The lowest BCUT2D eigenvalue weighted by molar-refractivity contribution is 0.660. The Morgan fingerprint density at radius 1 is 0.154 bits per heavy atom. The molecule has 0 fully saturated rings. The Labute approximate surface area is 713 Å². The molecular formula is C117H82N2O4. The van der Waals surface area contributed by atoms with Crippen LogP contribution in [0, 0.1) is 0 Å². The molecule has 0 amide bonds. The van der Waals surface area contributed by atoms with E-state index in [0.717, 1.165) is 139 Å². The zero-order valence-electron chi connectivity index (χ0n) is 69.0. The summed E-state index contributed by atoms with van der Waals surface area (Å²) >= 11 is 0. The molecule has 0 bridgehead atoms. The first-order chi connectivity index (χ1) is 60.2. The maximum atomic E-state index is 6.18.